The topological polar surface area (TPSA) is 80.1 Å². The van der Waals surface area contributed by atoms with Crippen molar-refractivity contribution in [3.05, 3.63) is 22.2 Å². The van der Waals surface area contributed by atoms with E-state index in [2.05, 4.69) is 21.9 Å². The van der Waals surface area contributed by atoms with Gasteiger partial charge < -0.3 is 10.6 Å². The fourth-order valence-electron chi connectivity index (χ4n) is 1.45. The van der Waals surface area contributed by atoms with Crippen molar-refractivity contribution < 1.29 is 4.92 Å². The predicted molar refractivity (Wildman–Crippen MR) is 76.5 cm³/mol. The van der Waals surface area contributed by atoms with Crippen LogP contribution in [0.4, 0.5) is 17.3 Å². The molecule has 2 N–H and O–H groups in total. The highest BCUT2D eigenvalue weighted by molar-refractivity contribution is 7.98. The lowest BCUT2D eigenvalue weighted by Crippen LogP contribution is -2.07. The maximum absolute atomic E-state index is 10.9. The molecule has 0 saturated carbocycles. The maximum atomic E-state index is 10.9. The Bertz CT molecular complexity index is 401. The SMILES string of the molecule is CNc1ccc([N+](=O)[O-])c(NCCCCSC)n1. The zero-order valence-corrected chi connectivity index (χ0v) is 11.4. The van der Waals surface area contributed by atoms with Crippen LogP contribution >= 0.6 is 11.8 Å². The number of thioether (sulfide) groups is 1. The van der Waals surface area contributed by atoms with Gasteiger partial charge in [-0.25, -0.2) is 4.98 Å². The number of nitrogens with one attached hydrogen (secondary N) is 2. The summed E-state index contributed by atoms with van der Waals surface area (Å²) in [5.74, 6) is 2.05. The van der Waals surface area contributed by atoms with Crippen molar-refractivity contribution in [3.8, 4) is 0 Å². The van der Waals surface area contributed by atoms with Gasteiger partial charge in [-0.1, -0.05) is 0 Å². The van der Waals surface area contributed by atoms with Gasteiger partial charge >= 0.3 is 5.69 Å². The molecule has 6 nitrogen and oxygen atoms in total. The Kier molecular flexibility index (Phi) is 6.27. The number of hydrogen-bond donors (Lipinski definition) is 2. The number of unbranched alkanes of at least 4 members (excludes halogenated alkanes) is 1. The molecular formula is C11H18N4O2S. The summed E-state index contributed by atoms with van der Waals surface area (Å²) < 4.78 is 0. The van der Waals surface area contributed by atoms with Gasteiger partial charge in [-0.3, -0.25) is 10.1 Å². The summed E-state index contributed by atoms with van der Waals surface area (Å²) in [4.78, 5) is 14.6. The van der Waals surface area contributed by atoms with Gasteiger partial charge in [-0.15, -0.1) is 0 Å². The van der Waals surface area contributed by atoms with Gasteiger partial charge in [0.15, 0.2) is 0 Å². The Morgan fingerprint density at radius 3 is 2.83 bits per heavy atom. The van der Waals surface area contributed by atoms with E-state index in [9.17, 15) is 10.1 Å². The molecule has 0 aromatic carbocycles. The first-order chi connectivity index (χ1) is 8.69. The molecule has 0 unspecified atom stereocenters. The van der Waals surface area contributed by atoms with Crippen molar-refractivity contribution in [1.29, 1.82) is 0 Å². The smallest absolute Gasteiger partial charge is 0.311 e. The molecule has 18 heavy (non-hydrogen) atoms. The molecule has 1 aromatic rings. The Balaban J connectivity index is 2.63. The number of pyridine rings is 1. The molecule has 100 valence electrons. The predicted octanol–water partition coefficient (Wildman–Crippen LogP) is 2.59. The van der Waals surface area contributed by atoms with Gasteiger partial charge in [-0.2, -0.15) is 11.8 Å². The van der Waals surface area contributed by atoms with Gasteiger partial charge in [0, 0.05) is 19.7 Å². The van der Waals surface area contributed by atoms with Crippen LogP contribution in [0.2, 0.25) is 0 Å². The van der Waals surface area contributed by atoms with Crippen LogP contribution in [0.15, 0.2) is 12.1 Å². The molecule has 1 aromatic heterocycles. The van der Waals surface area contributed by atoms with E-state index in [0.29, 0.717) is 18.2 Å². The fourth-order valence-corrected chi connectivity index (χ4v) is 1.94. The number of aromatic nitrogens is 1. The minimum absolute atomic E-state index is 0.0128. The molecule has 0 radical (unpaired) electrons. The van der Waals surface area contributed by atoms with E-state index in [1.54, 1.807) is 24.9 Å². The third-order valence-corrected chi connectivity index (χ3v) is 3.09. The van der Waals surface area contributed by atoms with Crippen LogP contribution in [0.3, 0.4) is 0 Å². The van der Waals surface area contributed by atoms with Gasteiger partial charge in [0.1, 0.15) is 5.82 Å². The number of anilines is 2. The third kappa shape index (κ3) is 4.40. The van der Waals surface area contributed by atoms with Crippen molar-refractivity contribution in [2.24, 2.45) is 0 Å². The van der Waals surface area contributed by atoms with Crippen molar-refractivity contribution in [1.82, 2.24) is 4.98 Å². The van der Waals surface area contributed by atoms with Gasteiger partial charge in [-0.05, 0) is 30.9 Å². The van der Waals surface area contributed by atoms with Crippen LogP contribution in [-0.2, 0) is 0 Å². The van der Waals surface area contributed by atoms with E-state index in [1.165, 1.54) is 6.07 Å². The molecule has 0 spiro atoms. The third-order valence-electron chi connectivity index (χ3n) is 2.39. The van der Waals surface area contributed by atoms with Crippen LogP contribution in [0, 0.1) is 10.1 Å². The maximum Gasteiger partial charge on any atom is 0.311 e. The highest BCUT2D eigenvalue weighted by Gasteiger charge is 2.15. The molecule has 7 heteroatoms. The largest absolute Gasteiger partial charge is 0.373 e. The summed E-state index contributed by atoms with van der Waals surface area (Å²) in [6, 6.07) is 3.06. The first-order valence-corrected chi connectivity index (χ1v) is 7.14. The van der Waals surface area contributed by atoms with Crippen LogP contribution in [-0.4, -0.2) is 35.5 Å². The molecule has 0 bridgehead atoms. The molecule has 0 atom stereocenters. The van der Waals surface area contributed by atoms with E-state index in [0.717, 1.165) is 18.6 Å². The lowest BCUT2D eigenvalue weighted by atomic mass is 10.3. The molecule has 0 aliphatic heterocycles. The van der Waals surface area contributed by atoms with E-state index in [4.69, 9.17) is 0 Å². The zero-order chi connectivity index (χ0) is 13.4. The Morgan fingerprint density at radius 1 is 1.44 bits per heavy atom. The summed E-state index contributed by atoms with van der Waals surface area (Å²) in [5.41, 5.74) is 0.0128. The normalized spacial score (nSPS) is 10.1. The number of hydrogen-bond acceptors (Lipinski definition) is 6. The summed E-state index contributed by atoms with van der Waals surface area (Å²) in [6.45, 7) is 0.696. The summed E-state index contributed by atoms with van der Waals surface area (Å²) in [6.07, 6.45) is 4.13. The first kappa shape index (κ1) is 14.6. The second-order valence-corrected chi connectivity index (χ2v) is 4.68. The van der Waals surface area contributed by atoms with E-state index in [-0.39, 0.29) is 5.69 Å². The van der Waals surface area contributed by atoms with Crippen LogP contribution in [0.5, 0.6) is 0 Å². The van der Waals surface area contributed by atoms with Crippen LogP contribution in [0.25, 0.3) is 0 Å². The van der Waals surface area contributed by atoms with Crippen molar-refractivity contribution in [3.63, 3.8) is 0 Å². The van der Waals surface area contributed by atoms with Crippen molar-refractivity contribution >= 4 is 29.1 Å². The summed E-state index contributed by atoms with van der Waals surface area (Å²) in [7, 11) is 1.73. The van der Waals surface area contributed by atoms with Gasteiger partial charge in [0.25, 0.3) is 0 Å². The second-order valence-electron chi connectivity index (χ2n) is 3.70. The molecular weight excluding hydrogens is 252 g/mol. The first-order valence-electron chi connectivity index (χ1n) is 5.75. The number of rotatable bonds is 8. The summed E-state index contributed by atoms with van der Waals surface area (Å²) >= 11 is 1.80. The molecule has 1 rings (SSSR count). The van der Waals surface area contributed by atoms with Gasteiger partial charge in [0.2, 0.25) is 5.82 Å². The van der Waals surface area contributed by atoms with E-state index < -0.39 is 4.92 Å². The van der Waals surface area contributed by atoms with Crippen molar-refractivity contribution in [2.75, 3.05) is 36.2 Å². The number of nitro groups is 1. The summed E-state index contributed by atoms with van der Waals surface area (Å²) in [5, 5.41) is 16.8. The van der Waals surface area contributed by atoms with Crippen LogP contribution < -0.4 is 10.6 Å². The zero-order valence-electron chi connectivity index (χ0n) is 10.6. The Morgan fingerprint density at radius 2 is 2.22 bits per heavy atom. The standard InChI is InChI=1S/C11H18N4O2S/c1-12-10-6-5-9(15(16)17)11(14-10)13-7-3-4-8-18-2/h5-6H,3-4,7-8H2,1-2H3,(H2,12,13,14). The Labute approximate surface area is 111 Å². The lowest BCUT2D eigenvalue weighted by molar-refractivity contribution is -0.384. The molecule has 0 saturated heterocycles. The molecule has 1 heterocycles. The minimum atomic E-state index is -0.420. The quantitative estimate of drug-likeness (QED) is 0.429. The molecule has 0 fully saturated rings. The monoisotopic (exact) mass is 270 g/mol. The highest BCUT2D eigenvalue weighted by Crippen LogP contribution is 2.23. The van der Waals surface area contributed by atoms with Crippen molar-refractivity contribution in [2.45, 2.75) is 12.8 Å². The van der Waals surface area contributed by atoms with E-state index in [1.807, 2.05) is 0 Å². The molecule has 0 aliphatic carbocycles. The Hall–Kier alpha value is -1.50. The highest BCUT2D eigenvalue weighted by atomic mass is 32.2. The van der Waals surface area contributed by atoms with Gasteiger partial charge in [0.05, 0.1) is 4.92 Å². The molecule has 0 amide bonds. The average molecular weight is 270 g/mol. The number of nitrogens with zero attached hydrogens (tertiary/aromatic N) is 2. The second kappa shape index (κ2) is 7.75. The fraction of sp³-hybridized carbons (Fsp3) is 0.545. The lowest BCUT2D eigenvalue weighted by Gasteiger charge is -2.07. The van der Waals surface area contributed by atoms with E-state index >= 15 is 0 Å². The van der Waals surface area contributed by atoms with Crippen LogP contribution in [0.1, 0.15) is 12.8 Å². The minimum Gasteiger partial charge on any atom is -0.373 e. The average Bonchev–Trinajstić information content (AvgIpc) is 2.38. The molecule has 0 aliphatic rings.